The van der Waals surface area contributed by atoms with E-state index in [2.05, 4.69) is 111 Å². The van der Waals surface area contributed by atoms with E-state index in [1.165, 1.54) is 77.0 Å². The molecule has 9 heteroatoms. The van der Waals surface area contributed by atoms with Gasteiger partial charge in [0.05, 0.1) is 34.4 Å². The second-order valence-electron chi connectivity index (χ2n) is 18.1. The van der Waals surface area contributed by atoms with Crippen molar-refractivity contribution in [3.05, 3.63) is 97.2 Å². The largest absolute Gasteiger partial charge is 0.472 e. The summed E-state index contributed by atoms with van der Waals surface area (Å²) in [5, 5.41) is 0. The smallest absolute Gasteiger partial charge is 0.457 e. The molecule has 2 atom stereocenters. The number of phosphoric ester groups is 1. The van der Waals surface area contributed by atoms with Gasteiger partial charge in [0.15, 0.2) is 0 Å². The zero-order chi connectivity index (χ0) is 47.6. The summed E-state index contributed by atoms with van der Waals surface area (Å²) < 4.78 is 35.1. The Balaban J connectivity index is 4.14. The van der Waals surface area contributed by atoms with Crippen molar-refractivity contribution < 1.29 is 37.3 Å². The van der Waals surface area contributed by atoms with Gasteiger partial charge in [0, 0.05) is 13.0 Å². The summed E-state index contributed by atoms with van der Waals surface area (Å²) in [6, 6.07) is 0. The minimum atomic E-state index is -4.29. The zero-order valence-corrected chi connectivity index (χ0v) is 43.3. The molecule has 0 aliphatic heterocycles. The van der Waals surface area contributed by atoms with Crippen LogP contribution in [0.2, 0.25) is 0 Å². The summed E-state index contributed by atoms with van der Waals surface area (Å²) in [7, 11) is 1.64. The molecule has 0 radical (unpaired) electrons. The number of carbonyl (C=O) groups is 1. The van der Waals surface area contributed by atoms with Gasteiger partial charge in [-0.15, -0.1) is 0 Å². The fraction of sp³-hybridized carbons (Fsp3) is 0.696. The highest BCUT2D eigenvalue weighted by molar-refractivity contribution is 7.47. The Labute approximate surface area is 400 Å². The highest BCUT2D eigenvalue weighted by Crippen LogP contribution is 2.43. The third-order valence-electron chi connectivity index (χ3n) is 10.6. The zero-order valence-electron chi connectivity index (χ0n) is 42.4. The average molecular weight is 929 g/mol. The third-order valence-corrected chi connectivity index (χ3v) is 11.6. The van der Waals surface area contributed by atoms with E-state index in [0.29, 0.717) is 24.1 Å². The first-order valence-corrected chi connectivity index (χ1v) is 27.5. The molecule has 0 aromatic carbocycles. The van der Waals surface area contributed by atoms with Crippen LogP contribution in [0.15, 0.2) is 97.2 Å². The Morgan fingerprint density at radius 3 is 1.26 bits per heavy atom. The van der Waals surface area contributed by atoms with E-state index in [4.69, 9.17) is 18.5 Å². The lowest BCUT2D eigenvalue weighted by molar-refractivity contribution is -0.870. The van der Waals surface area contributed by atoms with Crippen molar-refractivity contribution >= 4 is 13.8 Å². The van der Waals surface area contributed by atoms with Crippen LogP contribution in [0, 0.1) is 0 Å². The number of likely N-dealkylation sites (N-methyl/N-ethyl adjacent to an activating group) is 1. The monoisotopic (exact) mass is 929 g/mol. The number of ether oxygens (including phenoxy) is 2. The van der Waals surface area contributed by atoms with Crippen molar-refractivity contribution in [3.8, 4) is 0 Å². The SMILES string of the molecule is CC/C=C\C/C=C\C/C=C\C/C=C\CCCCCCCCCCCCCCCOCC(COP(=O)(O)OCC[N+](C)(C)C)OC(=O)CCCCCC/C=C\C/C=C\C/C=C\C/C=C\CC. The van der Waals surface area contributed by atoms with Gasteiger partial charge < -0.3 is 18.9 Å². The first kappa shape index (κ1) is 62.4. The standard InChI is InChI=1S/C56H98NO7P/c1-6-8-10-12-14-16-18-20-22-24-25-26-27-28-29-30-31-32-34-36-38-40-42-44-46-48-51-61-53-55(54-63-65(59,60)62-52-50-57(3,4)5)64-56(58)49-47-45-43-41-39-37-35-33-23-21-19-17-15-13-11-9-7-2/h8-11,14-17,20-23,25-26,35,37,55H,6-7,12-13,18-19,24,27-34,36,38-54H2,1-5H3/p+1/b10-8-,11-9-,16-14-,17-15-,22-20-,23-21-,26-25-,37-35-. The molecule has 2 unspecified atom stereocenters. The Hall–Kier alpha value is -2.58. The highest BCUT2D eigenvalue weighted by Gasteiger charge is 2.26. The van der Waals surface area contributed by atoms with E-state index in [9.17, 15) is 14.3 Å². The Morgan fingerprint density at radius 1 is 0.477 bits per heavy atom. The summed E-state index contributed by atoms with van der Waals surface area (Å²) in [6.07, 6.45) is 66.0. The van der Waals surface area contributed by atoms with Crippen molar-refractivity contribution in [2.45, 2.75) is 200 Å². The summed E-state index contributed by atoms with van der Waals surface area (Å²) in [4.78, 5) is 23.0. The number of carbonyl (C=O) groups excluding carboxylic acids is 1. The molecule has 8 nitrogen and oxygen atoms in total. The van der Waals surface area contributed by atoms with Gasteiger partial charge in [0.1, 0.15) is 19.3 Å². The minimum Gasteiger partial charge on any atom is -0.457 e. The van der Waals surface area contributed by atoms with E-state index >= 15 is 0 Å². The normalized spacial score (nSPS) is 14.4. The minimum absolute atomic E-state index is 0.0785. The van der Waals surface area contributed by atoms with Crippen LogP contribution in [0.3, 0.4) is 0 Å². The van der Waals surface area contributed by atoms with E-state index in [-0.39, 0.29) is 25.8 Å². The molecule has 65 heavy (non-hydrogen) atoms. The molecule has 0 aromatic rings. The van der Waals surface area contributed by atoms with Gasteiger partial charge >= 0.3 is 13.8 Å². The number of allylic oxidation sites excluding steroid dienone is 16. The number of phosphoric acid groups is 1. The second kappa shape index (κ2) is 47.9. The van der Waals surface area contributed by atoms with Crippen LogP contribution >= 0.6 is 7.82 Å². The molecule has 1 N–H and O–H groups in total. The van der Waals surface area contributed by atoms with Crippen molar-refractivity contribution in [2.75, 3.05) is 54.1 Å². The van der Waals surface area contributed by atoms with E-state index in [1.54, 1.807) is 0 Å². The van der Waals surface area contributed by atoms with Gasteiger partial charge in [-0.3, -0.25) is 13.8 Å². The molecule has 0 aromatic heterocycles. The third kappa shape index (κ3) is 52.3. The van der Waals surface area contributed by atoms with Gasteiger partial charge in [-0.05, 0) is 89.9 Å². The summed E-state index contributed by atoms with van der Waals surface area (Å²) in [6.45, 7) is 5.35. The molecule has 0 aliphatic carbocycles. The van der Waals surface area contributed by atoms with Crippen LogP contribution in [0.1, 0.15) is 194 Å². The van der Waals surface area contributed by atoms with Crippen molar-refractivity contribution in [1.82, 2.24) is 0 Å². The van der Waals surface area contributed by atoms with Crippen LogP contribution in [0.4, 0.5) is 0 Å². The second-order valence-corrected chi connectivity index (χ2v) is 19.6. The number of nitrogens with zero attached hydrogens (tertiary/aromatic N) is 1. The topological polar surface area (TPSA) is 91.3 Å². The molecule has 0 saturated carbocycles. The fourth-order valence-corrected chi connectivity index (χ4v) is 7.45. The van der Waals surface area contributed by atoms with Gasteiger partial charge in [-0.1, -0.05) is 195 Å². The van der Waals surface area contributed by atoms with Crippen LogP contribution in [-0.4, -0.2) is 75.6 Å². The molecule has 0 amide bonds. The molecular weight excluding hydrogens is 830 g/mol. The van der Waals surface area contributed by atoms with Gasteiger partial charge in [0.25, 0.3) is 0 Å². The van der Waals surface area contributed by atoms with Crippen LogP contribution in [-0.2, 0) is 27.9 Å². The Morgan fingerprint density at radius 2 is 0.846 bits per heavy atom. The molecule has 0 spiro atoms. The van der Waals surface area contributed by atoms with E-state index in [1.807, 2.05) is 21.1 Å². The van der Waals surface area contributed by atoms with Crippen LogP contribution in [0.5, 0.6) is 0 Å². The lowest BCUT2D eigenvalue weighted by Crippen LogP contribution is -2.37. The van der Waals surface area contributed by atoms with Gasteiger partial charge in [-0.2, -0.15) is 0 Å². The number of rotatable bonds is 47. The lowest BCUT2D eigenvalue weighted by atomic mass is 10.0. The molecule has 374 valence electrons. The highest BCUT2D eigenvalue weighted by atomic mass is 31.2. The van der Waals surface area contributed by atoms with E-state index < -0.39 is 13.9 Å². The maximum Gasteiger partial charge on any atom is 0.472 e. The molecule has 0 fully saturated rings. The van der Waals surface area contributed by atoms with Crippen molar-refractivity contribution in [2.24, 2.45) is 0 Å². The quantitative estimate of drug-likeness (QED) is 0.0214. The number of hydrogen-bond donors (Lipinski definition) is 1. The molecule has 0 saturated heterocycles. The van der Waals surface area contributed by atoms with Gasteiger partial charge in [-0.25, -0.2) is 4.57 Å². The molecule has 0 rings (SSSR count). The number of unbranched alkanes of at least 4 members (excludes halogenated alkanes) is 17. The van der Waals surface area contributed by atoms with E-state index in [0.717, 1.165) is 96.3 Å². The average Bonchev–Trinajstić information content (AvgIpc) is 3.27. The summed E-state index contributed by atoms with van der Waals surface area (Å²) >= 11 is 0. The molecule has 0 bridgehead atoms. The van der Waals surface area contributed by atoms with Crippen molar-refractivity contribution in [3.63, 3.8) is 0 Å². The first-order chi connectivity index (χ1) is 31.6. The fourth-order valence-electron chi connectivity index (χ4n) is 6.71. The van der Waals surface area contributed by atoms with Crippen LogP contribution in [0.25, 0.3) is 0 Å². The van der Waals surface area contributed by atoms with Gasteiger partial charge in [0.2, 0.25) is 0 Å². The van der Waals surface area contributed by atoms with Crippen LogP contribution < -0.4 is 0 Å². The maximum absolute atomic E-state index is 12.7. The lowest BCUT2D eigenvalue weighted by Gasteiger charge is -2.24. The first-order valence-electron chi connectivity index (χ1n) is 26.0. The summed E-state index contributed by atoms with van der Waals surface area (Å²) in [5.41, 5.74) is 0. The Kier molecular flexibility index (Phi) is 46.0. The summed E-state index contributed by atoms with van der Waals surface area (Å²) in [5.74, 6) is -0.339. The maximum atomic E-state index is 12.7. The number of hydrogen-bond acceptors (Lipinski definition) is 6. The molecule has 0 aliphatic rings. The number of quaternary nitrogens is 1. The molecular formula is C56H99NO7P+. The Bertz CT molecular complexity index is 1360. The predicted molar refractivity (Wildman–Crippen MR) is 279 cm³/mol. The van der Waals surface area contributed by atoms with Crippen molar-refractivity contribution in [1.29, 1.82) is 0 Å². The number of esters is 1. The predicted octanol–water partition coefficient (Wildman–Crippen LogP) is 16.2. The molecule has 0 heterocycles.